The molecule has 0 heterocycles. The molecule has 0 spiro atoms. The van der Waals surface area contributed by atoms with Gasteiger partial charge in [0.15, 0.2) is 6.61 Å². The minimum atomic E-state index is -0.463. The molecule has 0 radical (unpaired) electrons. The maximum atomic E-state index is 12.9. The fourth-order valence-electron chi connectivity index (χ4n) is 3.72. The largest absolute Gasteiger partial charge is 0.483 e. The highest BCUT2D eigenvalue weighted by Crippen LogP contribution is 2.21. The Balaban J connectivity index is 1.39. The number of hydrogen-bond donors (Lipinski definition) is 3. The van der Waals surface area contributed by atoms with Gasteiger partial charge in [0.2, 0.25) is 0 Å². The third kappa shape index (κ3) is 6.82. The molecule has 0 aliphatic heterocycles. The molecular formula is C30H27N3O4. The van der Waals surface area contributed by atoms with Crippen molar-refractivity contribution in [3.63, 3.8) is 0 Å². The summed E-state index contributed by atoms with van der Waals surface area (Å²) >= 11 is 0. The minimum Gasteiger partial charge on any atom is -0.483 e. The van der Waals surface area contributed by atoms with Crippen LogP contribution in [-0.4, -0.2) is 24.3 Å². The lowest BCUT2D eigenvalue weighted by Crippen LogP contribution is -2.28. The first kappa shape index (κ1) is 25.2. The summed E-state index contributed by atoms with van der Waals surface area (Å²) in [5.41, 5.74) is 2.62. The molecule has 0 saturated carbocycles. The lowest BCUT2D eigenvalue weighted by molar-refractivity contribution is -0.118. The molecule has 7 nitrogen and oxygen atoms in total. The molecule has 37 heavy (non-hydrogen) atoms. The number of rotatable bonds is 9. The molecule has 4 aromatic carbocycles. The van der Waals surface area contributed by atoms with Crippen molar-refractivity contribution in [2.24, 2.45) is 0 Å². The molecular weight excluding hydrogens is 466 g/mol. The van der Waals surface area contributed by atoms with E-state index in [4.69, 9.17) is 4.74 Å². The molecule has 0 saturated heterocycles. The molecule has 0 aromatic heterocycles. The van der Waals surface area contributed by atoms with Crippen LogP contribution in [0, 0.1) is 0 Å². The summed E-state index contributed by atoms with van der Waals surface area (Å²) in [6, 6.07) is 31.9. The molecule has 1 unspecified atom stereocenters. The zero-order chi connectivity index (χ0) is 26.0. The van der Waals surface area contributed by atoms with E-state index >= 15 is 0 Å². The number of benzene rings is 4. The van der Waals surface area contributed by atoms with Gasteiger partial charge in [-0.1, -0.05) is 72.8 Å². The molecule has 3 N–H and O–H groups in total. The quantitative estimate of drug-likeness (QED) is 0.289. The van der Waals surface area contributed by atoms with Gasteiger partial charge >= 0.3 is 0 Å². The average molecular weight is 494 g/mol. The summed E-state index contributed by atoms with van der Waals surface area (Å²) in [4.78, 5) is 38.4. The van der Waals surface area contributed by atoms with Crippen molar-refractivity contribution in [3.8, 4) is 5.75 Å². The Hall–Kier alpha value is -4.91. The average Bonchev–Trinajstić information content (AvgIpc) is 2.93. The number of hydrogen-bond acceptors (Lipinski definition) is 4. The van der Waals surface area contributed by atoms with Crippen LogP contribution < -0.4 is 20.7 Å². The van der Waals surface area contributed by atoms with E-state index in [1.165, 1.54) is 0 Å². The second-order valence-corrected chi connectivity index (χ2v) is 8.30. The summed E-state index contributed by atoms with van der Waals surface area (Å²) in [7, 11) is 0. The summed E-state index contributed by atoms with van der Waals surface area (Å²) in [5.74, 6) is -0.851. The Morgan fingerprint density at radius 2 is 1.27 bits per heavy atom. The highest BCUT2D eigenvalue weighted by Gasteiger charge is 2.17. The van der Waals surface area contributed by atoms with Crippen LogP contribution in [0.15, 0.2) is 109 Å². The number of carbonyl (C=O) groups is 3. The smallest absolute Gasteiger partial charge is 0.262 e. The van der Waals surface area contributed by atoms with Crippen molar-refractivity contribution in [2.75, 3.05) is 17.2 Å². The maximum absolute atomic E-state index is 12.9. The van der Waals surface area contributed by atoms with Crippen LogP contribution >= 0.6 is 0 Å². The van der Waals surface area contributed by atoms with E-state index in [1.54, 1.807) is 60.7 Å². The van der Waals surface area contributed by atoms with E-state index in [0.29, 0.717) is 22.5 Å². The molecule has 0 bridgehead atoms. The predicted octanol–water partition coefficient (Wildman–Crippen LogP) is 5.45. The Labute approximate surface area is 215 Å². The van der Waals surface area contributed by atoms with Crippen LogP contribution in [0.4, 0.5) is 11.4 Å². The normalized spacial score (nSPS) is 11.2. The molecule has 3 amide bonds. The standard InChI is InChI=1S/C30H27N3O4/c1-21(22-12-4-2-5-13-22)31-29(35)24-16-8-10-18-26(24)33-28(34)20-37-27-19-11-9-17-25(27)30(36)32-23-14-6-3-7-15-23/h2-19,21H,20H2,1H3,(H,31,35)(H,32,36)(H,33,34). The Morgan fingerprint density at radius 3 is 2.00 bits per heavy atom. The number of anilines is 2. The van der Waals surface area contributed by atoms with Crippen LogP contribution in [0.3, 0.4) is 0 Å². The van der Waals surface area contributed by atoms with E-state index in [1.807, 2.05) is 55.5 Å². The number of nitrogens with one attached hydrogen (secondary N) is 3. The molecule has 186 valence electrons. The SMILES string of the molecule is CC(NC(=O)c1ccccc1NC(=O)COc1ccccc1C(=O)Nc1ccccc1)c1ccccc1. The third-order valence-corrected chi connectivity index (χ3v) is 5.62. The molecule has 7 heteroatoms. The van der Waals surface area contributed by atoms with Gasteiger partial charge in [-0.25, -0.2) is 0 Å². The maximum Gasteiger partial charge on any atom is 0.262 e. The molecule has 0 fully saturated rings. The van der Waals surface area contributed by atoms with Gasteiger partial charge < -0.3 is 20.7 Å². The monoisotopic (exact) mass is 493 g/mol. The van der Waals surface area contributed by atoms with Crippen LogP contribution in [0.2, 0.25) is 0 Å². The van der Waals surface area contributed by atoms with Crippen molar-refractivity contribution in [1.82, 2.24) is 5.32 Å². The van der Waals surface area contributed by atoms with Gasteiger partial charge in [0, 0.05) is 5.69 Å². The van der Waals surface area contributed by atoms with Crippen LogP contribution in [0.5, 0.6) is 5.75 Å². The van der Waals surface area contributed by atoms with E-state index in [9.17, 15) is 14.4 Å². The second-order valence-electron chi connectivity index (χ2n) is 8.30. The van der Waals surface area contributed by atoms with Crippen LogP contribution in [0.1, 0.15) is 39.2 Å². The second kappa shape index (κ2) is 12.2. The van der Waals surface area contributed by atoms with Gasteiger partial charge in [-0.2, -0.15) is 0 Å². The van der Waals surface area contributed by atoms with Gasteiger partial charge in [-0.05, 0) is 48.9 Å². The fraction of sp³-hybridized carbons (Fsp3) is 0.100. The zero-order valence-corrected chi connectivity index (χ0v) is 20.3. The number of para-hydroxylation sites is 3. The first-order chi connectivity index (χ1) is 18.0. The van der Waals surface area contributed by atoms with Crippen molar-refractivity contribution < 1.29 is 19.1 Å². The van der Waals surface area contributed by atoms with Gasteiger partial charge in [0.05, 0.1) is 22.9 Å². The summed E-state index contributed by atoms with van der Waals surface area (Å²) in [6.07, 6.45) is 0. The van der Waals surface area contributed by atoms with Gasteiger partial charge in [-0.3, -0.25) is 14.4 Å². The Morgan fingerprint density at radius 1 is 0.676 bits per heavy atom. The lowest BCUT2D eigenvalue weighted by atomic mass is 10.1. The number of carbonyl (C=O) groups excluding carboxylic acids is 3. The molecule has 4 rings (SSSR count). The fourth-order valence-corrected chi connectivity index (χ4v) is 3.72. The van der Waals surface area contributed by atoms with Gasteiger partial charge in [0.1, 0.15) is 5.75 Å². The predicted molar refractivity (Wildman–Crippen MR) is 144 cm³/mol. The summed E-state index contributed by atoms with van der Waals surface area (Å²) in [6.45, 7) is 1.56. The Kier molecular flexibility index (Phi) is 8.29. The molecule has 1 atom stereocenters. The topological polar surface area (TPSA) is 96.5 Å². The van der Waals surface area contributed by atoms with E-state index < -0.39 is 5.91 Å². The van der Waals surface area contributed by atoms with Crippen molar-refractivity contribution in [3.05, 3.63) is 126 Å². The van der Waals surface area contributed by atoms with Crippen molar-refractivity contribution in [1.29, 1.82) is 0 Å². The van der Waals surface area contributed by atoms with E-state index in [2.05, 4.69) is 16.0 Å². The zero-order valence-electron chi connectivity index (χ0n) is 20.3. The highest BCUT2D eigenvalue weighted by molar-refractivity contribution is 6.06. The minimum absolute atomic E-state index is 0.209. The van der Waals surface area contributed by atoms with Crippen LogP contribution in [-0.2, 0) is 4.79 Å². The van der Waals surface area contributed by atoms with Gasteiger partial charge in [-0.15, -0.1) is 0 Å². The molecule has 0 aliphatic rings. The molecule has 4 aromatic rings. The molecule has 0 aliphatic carbocycles. The highest BCUT2D eigenvalue weighted by atomic mass is 16.5. The third-order valence-electron chi connectivity index (χ3n) is 5.62. The summed E-state index contributed by atoms with van der Waals surface area (Å²) in [5, 5.41) is 8.51. The first-order valence-electron chi connectivity index (χ1n) is 11.8. The van der Waals surface area contributed by atoms with Crippen LogP contribution in [0.25, 0.3) is 0 Å². The lowest BCUT2D eigenvalue weighted by Gasteiger charge is -2.17. The van der Waals surface area contributed by atoms with Crippen molar-refractivity contribution >= 4 is 29.1 Å². The summed E-state index contributed by atoms with van der Waals surface area (Å²) < 4.78 is 5.68. The van der Waals surface area contributed by atoms with E-state index in [0.717, 1.165) is 5.56 Å². The number of ether oxygens (including phenoxy) is 1. The van der Waals surface area contributed by atoms with E-state index in [-0.39, 0.29) is 30.2 Å². The first-order valence-corrected chi connectivity index (χ1v) is 11.8. The Bertz CT molecular complexity index is 1370. The van der Waals surface area contributed by atoms with Crippen molar-refractivity contribution in [2.45, 2.75) is 13.0 Å². The number of amides is 3. The van der Waals surface area contributed by atoms with Gasteiger partial charge in [0.25, 0.3) is 17.7 Å².